The maximum Gasteiger partial charge on any atom is 0.407 e. The molecule has 2 rings (SSSR count). The number of aromatic nitrogens is 1. The lowest BCUT2D eigenvalue weighted by Crippen LogP contribution is -2.29. The van der Waals surface area contributed by atoms with Crippen molar-refractivity contribution in [2.75, 3.05) is 18.4 Å². The highest BCUT2D eigenvalue weighted by atomic mass is 16.5. The Hall–Kier alpha value is -3.07. The first-order valence-electron chi connectivity index (χ1n) is 6.83. The summed E-state index contributed by atoms with van der Waals surface area (Å²) in [6.07, 6.45) is 1.08. The third kappa shape index (κ3) is 4.80. The number of pyridine rings is 1. The lowest BCUT2D eigenvalue weighted by atomic mass is 10.2. The summed E-state index contributed by atoms with van der Waals surface area (Å²) in [5.41, 5.74) is 1.91. The molecule has 22 heavy (non-hydrogen) atoms. The van der Waals surface area contributed by atoms with Crippen LogP contribution in [0.15, 0.2) is 48.7 Å². The average Bonchev–Trinajstić information content (AvgIpc) is 2.58. The van der Waals surface area contributed by atoms with E-state index in [2.05, 4.69) is 15.6 Å². The number of rotatable bonds is 6. The van der Waals surface area contributed by atoms with Crippen LogP contribution in [0.5, 0.6) is 0 Å². The van der Waals surface area contributed by atoms with Crippen molar-refractivity contribution in [3.63, 3.8) is 0 Å². The summed E-state index contributed by atoms with van der Waals surface area (Å²) in [7, 11) is 0. The predicted molar refractivity (Wildman–Crippen MR) is 82.1 cm³/mol. The van der Waals surface area contributed by atoms with E-state index in [-0.39, 0.29) is 6.61 Å². The van der Waals surface area contributed by atoms with E-state index in [4.69, 9.17) is 10.00 Å². The zero-order valence-electron chi connectivity index (χ0n) is 12.0. The molecule has 0 fully saturated rings. The van der Waals surface area contributed by atoms with Gasteiger partial charge in [0.1, 0.15) is 12.7 Å². The molecule has 2 N–H and O–H groups in total. The first-order valence-corrected chi connectivity index (χ1v) is 6.83. The van der Waals surface area contributed by atoms with E-state index in [0.717, 1.165) is 5.56 Å². The normalized spacial score (nSPS) is 9.59. The average molecular weight is 296 g/mol. The molecule has 112 valence electrons. The van der Waals surface area contributed by atoms with Gasteiger partial charge in [-0.1, -0.05) is 30.3 Å². The molecule has 0 spiro atoms. The summed E-state index contributed by atoms with van der Waals surface area (Å²) in [4.78, 5) is 15.5. The van der Waals surface area contributed by atoms with Crippen LogP contribution in [0.3, 0.4) is 0 Å². The number of nitrogens with zero attached hydrogens (tertiary/aromatic N) is 2. The Bertz CT molecular complexity index is 653. The number of benzene rings is 1. The molecule has 1 amide bonds. The van der Waals surface area contributed by atoms with Crippen LogP contribution in [-0.2, 0) is 11.3 Å². The van der Waals surface area contributed by atoms with Crippen LogP contribution in [0.1, 0.15) is 11.3 Å². The molecule has 0 radical (unpaired) electrons. The van der Waals surface area contributed by atoms with Crippen molar-refractivity contribution < 1.29 is 9.53 Å². The lowest BCUT2D eigenvalue weighted by molar-refractivity contribution is 0.140. The first-order chi connectivity index (χ1) is 10.8. The summed E-state index contributed by atoms with van der Waals surface area (Å²) in [6.45, 7) is 1.09. The van der Waals surface area contributed by atoms with Crippen molar-refractivity contribution in [3.8, 4) is 6.07 Å². The number of hydrogen-bond donors (Lipinski definition) is 2. The molecule has 0 saturated carbocycles. The Morgan fingerprint density at radius 1 is 1.18 bits per heavy atom. The van der Waals surface area contributed by atoms with Gasteiger partial charge in [0, 0.05) is 19.3 Å². The van der Waals surface area contributed by atoms with Gasteiger partial charge < -0.3 is 15.4 Å². The Kier molecular flexibility index (Phi) is 5.76. The molecule has 6 nitrogen and oxygen atoms in total. The molecular weight excluding hydrogens is 280 g/mol. The second-order valence-corrected chi connectivity index (χ2v) is 4.43. The van der Waals surface area contributed by atoms with Crippen LogP contribution in [0.4, 0.5) is 10.5 Å². The topological polar surface area (TPSA) is 87.0 Å². The molecule has 1 aromatic carbocycles. The molecule has 1 heterocycles. The van der Waals surface area contributed by atoms with E-state index in [1.807, 2.05) is 36.4 Å². The van der Waals surface area contributed by atoms with E-state index in [0.29, 0.717) is 24.5 Å². The maximum absolute atomic E-state index is 11.5. The SMILES string of the molecule is N#Cc1ncccc1NCCNC(=O)OCc1ccccc1. The van der Waals surface area contributed by atoms with Gasteiger partial charge in [-0.15, -0.1) is 0 Å². The van der Waals surface area contributed by atoms with Crippen LogP contribution >= 0.6 is 0 Å². The van der Waals surface area contributed by atoms with Gasteiger partial charge >= 0.3 is 6.09 Å². The number of ether oxygens (including phenoxy) is 1. The second kappa shape index (κ2) is 8.27. The van der Waals surface area contributed by atoms with Crippen molar-refractivity contribution >= 4 is 11.8 Å². The fourth-order valence-corrected chi connectivity index (χ4v) is 1.77. The molecule has 0 atom stereocenters. The van der Waals surface area contributed by atoms with Crippen molar-refractivity contribution in [3.05, 3.63) is 59.9 Å². The molecule has 2 aromatic rings. The Morgan fingerprint density at radius 3 is 2.77 bits per heavy atom. The first kappa shape index (κ1) is 15.3. The Labute approximate surface area is 128 Å². The molecule has 0 bridgehead atoms. The molecular formula is C16H16N4O2. The van der Waals surface area contributed by atoms with E-state index >= 15 is 0 Å². The van der Waals surface area contributed by atoms with Gasteiger partial charge in [0.25, 0.3) is 0 Å². The molecule has 0 saturated heterocycles. The third-order valence-electron chi connectivity index (χ3n) is 2.84. The van der Waals surface area contributed by atoms with Crippen LogP contribution < -0.4 is 10.6 Å². The molecule has 0 aliphatic heterocycles. The monoisotopic (exact) mass is 296 g/mol. The fraction of sp³-hybridized carbons (Fsp3) is 0.188. The smallest absolute Gasteiger partial charge is 0.407 e. The predicted octanol–water partition coefficient (Wildman–Crippen LogP) is 2.29. The molecule has 0 aliphatic rings. The summed E-state index contributed by atoms with van der Waals surface area (Å²) in [5, 5.41) is 14.6. The molecule has 0 unspecified atom stereocenters. The van der Waals surface area contributed by atoms with Gasteiger partial charge in [-0.05, 0) is 17.7 Å². The molecule has 6 heteroatoms. The quantitative estimate of drug-likeness (QED) is 0.799. The largest absolute Gasteiger partial charge is 0.445 e. The van der Waals surface area contributed by atoms with Crippen LogP contribution in [0.25, 0.3) is 0 Å². The van der Waals surface area contributed by atoms with Gasteiger partial charge in [0.2, 0.25) is 0 Å². The number of nitriles is 1. The van der Waals surface area contributed by atoms with Crippen molar-refractivity contribution in [2.24, 2.45) is 0 Å². The number of anilines is 1. The summed E-state index contributed by atoms with van der Waals surface area (Å²) in [6, 6.07) is 15.0. The number of amides is 1. The third-order valence-corrected chi connectivity index (χ3v) is 2.84. The van der Waals surface area contributed by atoms with Gasteiger partial charge in [0.15, 0.2) is 5.69 Å². The van der Waals surface area contributed by atoms with Crippen LogP contribution in [0, 0.1) is 11.3 Å². The molecule has 1 aromatic heterocycles. The van der Waals surface area contributed by atoms with Gasteiger partial charge in [0.05, 0.1) is 5.69 Å². The summed E-state index contributed by atoms with van der Waals surface area (Å²) < 4.78 is 5.08. The highest BCUT2D eigenvalue weighted by Crippen LogP contribution is 2.09. The van der Waals surface area contributed by atoms with E-state index in [1.54, 1.807) is 18.3 Å². The van der Waals surface area contributed by atoms with Crippen molar-refractivity contribution in [1.29, 1.82) is 5.26 Å². The van der Waals surface area contributed by atoms with Gasteiger partial charge in [-0.25, -0.2) is 9.78 Å². The highest BCUT2D eigenvalue weighted by molar-refractivity contribution is 5.67. The second-order valence-electron chi connectivity index (χ2n) is 4.43. The minimum atomic E-state index is -0.475. The van der Waals surface area contributed by atoms with Crippen molar-refractivity contribution in [2.45, 2.75) is 6.61 Å². The summed E-state index contributed by atoms with van der Waals surface area (Å²) in [5.74, 6) is 0. The zero-order valence-corrected chi connectivity index (χ0v) is 12.0. The fourth-order valence-electron chi connectivity index (χ4n) is 1.77. The lowest BCUT2D eigenvalue weighted by Gasteiger charge is -2.09. The van der Waals surface area contributed by atoms with E-state index < -0.39 is 6.09 Å². The number of carbonyl (C=O) groups excluding carboxylic acids is 1. The highest BCUT2D eigenvalue weighted by Gasteiger charge is 2.03. The number of hydrogen-bond acceptors (Lipinski definition) is 5. The number of carbonyl (C=O) groups is 1. The van der Waals surface area contributed by atoms with E-state index in [1.165, 1.54) is 0 Å². The van der Waals surface area contributed by atoms with Crippen LogP contribution in [-0.4, -0.2) is 24.2 Å². The minimum Gasteiger partial charge on any atom is -0.445 e. The zero-order chi connectivity index (χ0) is 15.6. The Morgan fingerprint density at radius 2 is 2.00 bits per heavy atom. The summed E-state index contributed by atoms with van der Waals surface area (Å²) >= 11 is 0. The van der Waals surface area contributed by atoms with E-state index in [9.17, 15) is 4.79 Å². The minimum absolute atomic E-state index is 0.237. The van der Waals surface area contributed by atoms with Gasteiger partial charge in [-0.3, -0.25) is 0 Å². The standard InChI is InChI=1S/C16H16N4O2/c17-11-15-14(7-4-8-18-15)19-9-10-20-16(21)22-12-13-5-2-1-3-6-13/h1-8,19H,9-10,12H2,(H,20,21). The number of nitrogens with one attached hydrogen (secondary N) is 2. The van der Waals surface area contributed by atoms with Gasteiger partial charge in [-0.2, -0.15) is 5.26 Å². The number of alkyl carbamates (subject to hydrolysis) is 1. The maximum atomic E-state index is 11.5. The van der Waals surface area contributed by atoms with Crippen molar-refractivity contribution in [1.82, 2.24) is 10.3 Å². The Balaban J connectivity index is 1.66. The molecule has 0 aliphatic carbocycles. The van der Waals surface area contributed by atoms with Crippen LogP contribution in [0.2, 0.25) is 0 Å².